The first-order valence-electron chi connectivity index (χ1n) is 12.0. The van der Waals surface area contributed by atoms with Gasteiger partial charge in [-0.15, -0.1) is 0 Å². The van der Waals surface area contributed by atoms with Crippen LogP contribution in [0.3, 0.4) is 0 Å². The number of unbranched alkanes of at least 4 members (excludes halogenated alkanes) is 11. The molecule has 0 bridgehead atoms. The van der Waals surface area contributed by atoms with Crippen LogP contribution >= 0.6 is 0 Å². The SMILES string of the molecule is CCCCCCCCCCCCCCc1cccc(S(=O)(=O)O)c1Oc1ccccc1[O-].[Na+]. The number of para-hydroxylation sites is 3. The topological polar surface area (TPSA) is 86.7 Å². The van der Waals surface area contributed by atoms with E-state index in [4.69, 9.17) is 4.74 Å². The predicted molar refractivity (Wildman–Crippen MR) is 127 cm³/mol. The molecule has 0 saturated heterocycles. The molecular weight excluding hydrogens is 447 g/mol. The summed E-state index contributed by atoms with van der Waals surface area (Å²) < 4.78 is 39.0. The number of hydrogen-bond acceptors (Lipinski definition) is 4. The molecule has 0 heterocycles. The van der Waals surface area contributed by atoms with E-state index in [1.54, 1.807) is 24.3 Å². The Labute approximate surface area is 222 Å². The van der Waals surface area contributed by atoms with Crippen molar-refractivity contribution >= 4 is 10.1 Å². The molecule has 0 aliphatic heterocycles. The monoisotopic (exact) mass is 484 g/mol. The zero-order valence-electron chi connectivity index (χ0n) is 20.2. The van der Waals surface area contributed by atoms with E-state index in [9.17, 15) is 18.1 Å². The van der Waals surface area contributed by atoms with Gasteiger partial charge < -0.3 is 9.84 Å². The number of ether oxygens (including phenoxy) is 1. The second-order valence-corrected chi connectivity index (χ2v) is 9.80. The second kappa shape index (κ2) is 16.6. The minimum absolute atomic E-state index is 0. The van der Waals surface area contributed by atoms with Crippen LogP contribution in [-0.4, -0.2) is 13.0 Å². The first kappa shape index (κ1) is 30.0. The first-order valence-corrected chi connectivity index (χ1v) is 13.4. The maximum atomic E-state index is 12.0. The molecule has 0 amide bonds. The van der Waals surface area contributed by atoms with E-state index in [2.05, 4.69) is 6.92 Å². The van der Waals surface area contributed by atoms with Crippen molar-refractivity contribution in [2.24, 2.45) is 0 Å². The van der Waals surface area contributed by atoms with Crippen molar-refractivity contribution < 1.29 is 52.4 Å². The Morgan fingerprint density at radius 2 is 1.33 bits per heavy atom. The summed E-state index contributed by atoms with van der Waals surface area (Å²) in [4.78, 5) is -0.308. The van der Waals surface area contributed by atoms with Crippen molar-refractivity contribution in [2.75, 3.05) is 0 Å². The average molecular weight is 485 g/mol. The molecular formula is C26H37NaO5S. The van der Waals surface area contributed by atoms with Gasteiger partial charge in [0.15, 0.2) is 5.75 Å². The molecule has 7 heteroatoms. The summed E-state index contributed by atoms with van der Waals surface area (Å²) in [5, 5.41) is 12.0. The molecule has 0 atom stereocenters. The van der Waals surface area contributed by atoms with E-state index in [1.807, 2.05) is 0 Å². The standard InChI is InChI=1S/C26H38O5S.Na/c1-2-3-4-5-6-7-8-9-10-11-12-13-17-22-18-16-21-25(32(28,29)30)26(22)31-24-20-15-14-19-23(24)27;/h14-16,18-21,27H,2-13,17H2,1H3,(H,28,29,30);/q;+1/p-1. The van der Waals surface area contributed by atoms with Crippen molar-refractivity contribution in [3.8, 4) is 17.2 Å². The summed E-state index contributed by atoms with van der Waals surface area (Å²) in [5.41, 5.74) is 0.676. The summed E-state index contributed by atoms with van der Waals surface area (Å²) in [7, 11) is -4.47. The summed E-state index contributed by atoms with van der Waals surface area (Å²) in [6, 6.07) is 10.8. The molecule has 0 saturated carbocycles. The van der Waals surface area contributed by atoms with E-state index in [1.165, 1.54) is 76.0 Å². The Bertz CT molecular complexity index is 915. The van der Waals surface area contributed by atoms with Crippen LogP contribution in [-0.2, 0) is 16.5 Å². The molecule has 0 unspecified atom stereocenters. The minimum Gasteiger partial charge on any atom is -0.870 e. The summed E-state index contributed by atoms with van der Waals surface area (Å²) in [6.07, 6.45) is 15.5. The first-order chi connectivity index (χ1) is 15.4. The van der Waals surface area contributed by atoms with Gasteiger partial charge in [0.2, 0.25) is 0 Å². The third-order valence-corrected chi connectivity index (χ3v) is 6.58. The maximum absolute atomic E-state index is 12.0. The van der Waals surface area contributed by atoms with Crippen LogP contribution < -0.4 is 39.4 Å². The summed E-state index contributed by atoms with van der Waals surface area (Å²) >= 11 is 0. The van der Waals surface area contributed by atoms with E-state index in [-0.39, 0.29) is 51.7 Å². The van der Waals surface area contributed by atoms with Crippen LogP contribution in [0.4, 0.5) is 0 Å². The number of rotatable bonds is 16. The quantitative estimate of drug-likeness (QED) is 0.221. The van der Waals surface area contributed by atoms with Gasteiger partial charge in [-0.3, -0.25) is 4.55 Å². The normalized spacial score (nSPS) is 11.2. The second-order valence-electron chi connectivity index (χ2n) is 8.41. The molecule has 33 heavy (non-hydrogen) atoms. The van der Waals surface area contributed by atoms with Crippen LogP contribution in [0, 0.1) is 0 Å². The van der Waals surface area contributed by atoms with Crippen LogP contribution in [0.1, 0.15) is 89.5 Å². The third-order valence-electron chi connectivity index (χ3n) is 5.70. The summed E-state index contributed by atoms with van der Waals surface area (Å²) in [6.45, 7) is 2.24. The number of benzene rings is 2. The van der Waals surface area contributed by atoms with Crippen molar-refractivity contribution in [2.45, 2.75) is 95.3 Å². The minimum atomic E-state index is -4.47. The van der Waals surface area contributed by atoms with Crippen LogP contribution in [0.2, 0.25) is 0 Å². The fraction of sp³-hybridized carbons (Fsp3) is 0.538. The van der Waals surface area contributed by atoms with Crippen molar-refractivity contribution in [1.82, 2.24) is 0 Å². The van der Waals surface area contributed by atoms with Gasteiger partial charge in [-0.05, 0) is 30.5 Å². The zero-order valence-corrected chi connectivity index (χ0v) is 23.0. The molecule has 0 spiro atoms. The molecule has 0 aromatic heterocycles. The number of hydrogen-bond donors (Lipinski definition) is 1. The smallest absolute Gasteiger partial charge is 0.870 e. The summed E-state index contributed by atoms with van der Waals surface area (Å²) in [5.74, 6) is -0.255. The Hall–Kier alpha value is -1.05. The molecule has 2 aromatic carbocycles. The van der Waals surface area contributed by atoms with E-state index in [0.717, 1.165) is 19.3 Å². The maximum Gasteiger partial charge on any atom is 1.00 e. The predicted octanol–water partition coefficient (Wildman–Crippen LogP) is 4.05. The van der Waals surface area contributed by atoms with E-state index >= 15 is 0 Å². The van der Waals surface area contributed by atoms with E-state index < -0.39 is 10.1 Å². The van der Waals surface area contributed by atoms with Gasteiger partial charge in [-0.1, -0.05) is 114 Å². The van der Waals surface area contributed by atoms with Crippen LogP contribution in [0.5, 0.6) is 17.2 Å². The molecule has 1 N–H and O–H groups in total. The third kappa shape index (κ3) is 11.3. The Morgan fingerprint density at radius 3 is 1.88 bits per heavy atom. The molecule has 0 radical (unpaired) electrons. The van der Waals surface area contributed by atoms with Crippen molar-refractivity contribution in [3.05, 3.63) is 48.0 Å². The van der Waals surface area contributed by atoms with Gasteiger partial charge in [0, 0.05) is 0 Å². The fourth-order valence-electron chi connectivity index (χ4n) is 3.88. The molecule has 2 rings (SSSR count). The Morgan fingerprint density at radius 1 is 0.788 bits per heavy atom. The van der Waals surface area contributed by atoms with Gasteiger partial charge in [-0.2, -0.15) is 8.42 Å². The Kier molecular flexibility index (Phi) is 15.0. The average Bonchev–Trinajstić information content (AvgIpc) is 2.76. The molecule has 0 aliphatic carbocycles. The zero-order chi connectivity index (χ0) is 23.2. The van der Waals surface area contributed by atoms with Crippen LogP contribution in [0.15, 0.2) is 47.4 Å². The molecule has 2 aromatic rings. The molecule has 0 aliphatic rings. The van der Waals surface area contributed by atoms with Crippen molar-refractivity contribution in [1.29, 1.82) is 0 Å². The van der Waals surface area contributed by atoms with E-state index in [0.29, 0.717) is 12.0 Å². The van der Waals surface area contributed by atoms with Gasteiger partial charge in [-0.25, -0.2) is 0 Å². The Balaban J connectivity index is 0.00000544. The van der Waals surface area contributed by atoms with Crippen molar-refractivity contribution in [3.63, 3.8) is 0 Å². The van der Waals surface area contributed by atoms with Crippen LogP contribution in [0.25, 0.3) is 0 Å². The van der Waals surface area contributed by atoms with Gasteiger partial charge >= 0.3 is 29.6 Å². The fourth-order valence-corrected chi connectivity index (χ4v) is 4.54. The largest absolute Gasteiger partial charge is 1.00 e. The molecule has 178 valence electrons. The number of aryl methyl sites for hydroxylation is 1. The molecule has 5 nitrogen and oxygen atoms in total. The van der Waals surface area contributed by atoms with Gasteiger partial charge in [0.05, 0.1) is 0 Å². The molecule has 0 fully saturated rings. The van der Waals surface area contributed by atoms with Gasteiger partial charge in [0.1, 0.15) is 10.6 Å². The van der Waals surface area contributed by atoms with Gasteiger partial charge in [0.25, 0.3) is 10.1 Å².